The SMILES string of the molecule is c1ccc2c(CNC3CCCCC3)cncc2c1. The molecule has 1 aromatic heterocycles. The smallest absolute Gasteiger partial charge is 0.0346 e. The average molecular weight is 240 g/mol. The second-order valence-corrected chi connectivity index (χ2v) is 5.24. The number of pyridine rings is 1. The Bertz CT molecular complexity index is 510. The van der Waals surface area contributed by atoms with E-state index < -0.39 is 0 Å². The van der Waals surface area contributed by atoms with Gasteiger partial charge < -0.3 is 5.32 Å². The molecule has 0 spiro atoms. The molecule has 0 unspecified atom stereocenters. The summed E-state index contributed by atoms with van der Waals surface area (Å²) in [5, 5.41) is 6.26. The topological polar surface area (TPSA) is 24.9 Å². The van der Waals surface area contributed by atoms with Crippen LogP contribution in [-0.2, 0) is 6.54 Å². The van der Waals surface area contributed by atoms with Crippen molar-refractivity contribution in [3.8, 4) is 0 Å². The van der Waals surface area contributed by atoms with E-state index in [2.05, 4.69) is 34.6 Å². The van der Waals surface area contributed by atoms with Gasteiger partial charge in [0.1, 0.15) is 0 Å². The molecule has 1 saturated carbocycles. The molecule has 0 atom stereocenters. The van der Waals surface area contributed by atoms with E-state index in [0.717, 1.165) is 6.54 Å². The minimum atomic E-state index is 0.706. The van der Waals surface area contributed by atoms with Crippen LogP contribution in [0.4, 0.5) is 0 Å². The van der Waals surface area contributed by atoms with Crippen LogP contribution in [-0.4, -0.2) is 11.0 Å². The Morgan fingerprint density at radius 3 is 2.78 bits per heavy atom. The quantitative estimate of drug-likeness (QED) is 0.885. The van der Waals surface area contributed by atoms with Gasteiger partial charge in [0.25, 0.3) is 0 Å². The molecule has 0 aliphatic heterocycles. The second-order valence-electron chi connectivity index (χ2n) is 5.24. The number of rotatable bonds is 3. The predicted molar refractivity (Wildman–Crippen MR) is 75.5 cm³/mol. The molecule has 0 amide bonds. The van der Waals surface area contributed by atoms with E-state index in [1.807, 2.05) is 12.4 Å². The number of fused-ring (bicyclic) bond motifs is 1. The maximum absolute atomic E-state index is 4.34. The summed E-state index contributed by atoms with van der Waals surface area (Å²) in [6, 6.07) is 9.20. The molecule has 18 heavy (non-hydrogen) atoms. The molecule has 0 bridgehead atoms. The van der Waals surface area contributed by atoms with E-state index in [9.17, 15) is 0 Å². The Morgan fingerprint density at radius 1 is 1.06 bits per heavy atom. The molecule has 1 fully saturated rings. The van der Waals surface area contributed by atoms with Gasteiger partial charge in [-0.3, -0.25) is 4.98 Å². The highest BCUT2D eigenvalue weighted by atomic mass is 14.9. The average Bonchev–Trinajstić information content (AvgIpc) is 2.46. The van der Waals surface area contributed by atoms with Gasteiger partial charge in [0.2, 0.25) is 0 Å². The summed E-state index contributed by atoms with van der Waals surface area (Å²) in [5.74, 6) is 0. The summed E-state index contributed by atoms with van der Waals surface area (Å²) < 4.78 is 0. The third kappa shape index (κ3) is 2.54. The zero-order valence-electron chi connectivity index (χ0n) is 10.7. The molecule has 2 nitrogen and oxygen atoms in total. The van der Waals surface area contributed by atoms with Gasteiger partial charge in [-0.25, -0.2) is 0 Å². The molecule has 1 aliphatic rings. The first kappa shape index (κ1) is 11.7. The van der Waals surface area contributed by atoms with Crippen LogP contribution >= 0.6 is 0 Å². The van der Waals surface area contributed by atoms with Crippen molar-refractivity contribution in [1.29, 1.82) is 0 Å². The van der Waals surface area contributed by atoms with Crippen molar-refractivity contribution < 1.29 is 0 Å². The normalized spacial score (nSPS) is 17.1. The van der Waals surface area contributed by atoms with Crippen LogP contribution < -0.4 is 5.32 Å². The minimum Gasteiger partial charge on any atom is -0.310 e. The molecule has 0 saturated heterocycles. The van der Waals surface area contributed by atoms with Gasteiger partial charge in [-0.05, 0) is 23.8 Å². The van der Waals surface area contributed by atoms with Crippen LogP contribution in [0.3, 0.4) is 0 Å². The summed E-state index contributed by atoms with van der Waals surface area (Å²) in [5.41, 5.74) is 1.32. The zero-order chi connectivity index (χ0) is 12.2. The Hall–Kier alpha value is -1.41. The van der Waals surface area contributed by atoms with Crippen LogP contribution in [0.25, 0.3) is 10.8 Å². The molecule has 94 valence electrons. The fraction of sp³-hybridized carbons (Fsp3) is 0.438. The van der Waals surface area contributed by atoms with E-state index in [1.54, 1.807) is 0 Å². The lowest BCUT2D eigenvalue weighted by molar-refractivity contribution is 0.372. The number of hydrogen-bond donors (Lipinski definition) is 1. The first-order chi connectivity index (χ1) is 8.93. The Kier molecular flexibility index (Phi) is 3.56. The Balaban J connectivity index is 1.74. The van der Waals surface area contributed by atoms with E-state index >= 15 is 0 Å². The van der Waals surface area contributed by atoms with Gasteiger partial charge in [0.15, 0.2) is 0 Å². The van der Waals surface area contributed by atoms with Crippen molar-refractivity contribution in [2.45, 2.75) is 44.7 Å². The van der Waals surface area contributed by atoms with Crippen molar-refractivity contribution >= 4 is 10.8 Å². The monoisotopic (exact) mass is 240 g/mol. The molecular formula is C16H20N2. The van der Waals surface area contributed by atoms with Gasteiger partial charge in [-0.2, -0.15) is 0 Å². The van der Waals surface area contributed by atoms with Crippen molar-refractivity contribution in [3.05, 3.63) is 42.2 Å². The van der Waals surface area contributed by atoms with Gasteiger partial charge in [-0.15, -0.1) is 0 Å². The first-order valence-electron chi connectivity index (χ1n) is 6.98. The van der Waals surface area contributed by atoms with Crippen LogP contribution in [0, 0.1) is 0 Å². The predicted octanol–water partition coefficient (Wildman–Crippen LogP) is 3.66. The molecule has 1 N–H and O–H groups in total. The largest absolute Gasteiger partial charge is 0.310 e. The number of nitrogens with zero attached hydrogens (tertiary/aromatic N) is 1. The lowest BCUT2D eigenvalue weighted by Crippen LogP contribution is -2.30. The molecule has 3 rings (SSSR count). The Labute approximate surface area is 108 Å². The molecule has 1 aliphatic carbocycles. The van der Waals surface area contributed by atoms with Crippen molar-refractivity contribution in [1.82, 2.24) is 10.3 Å². The van der Waals surface area contributed by atoms with Crippen LogP contribution in [0.5, 0.6) is 0 Å². The zero-order valence-corrected chi connectivity index (χ0v) is 10.7. The number of benzene rings is 1. The summed E-state index contributed by atoms with van der Waals surface area (Å²) in [4.78, 5) is 4.34. The van der Waals surface area contributed by atoms with Crippen LogP contribution in [0.2, 0.25) is 0 Å². The maximum atomic E-state index is 4.34. The number of nitrogens with one attached hydrogen (secondary N) is 1. The van der Waals surface area contributed by atoms with Crippen molar-refractivity contribution in [2.75, 3.05) is 0 Å². The van der Waals surface area contributed by atoms with Crippen LogP contribution in [0.1, 0.15) is 37.7 Å². The highest BCUT2D eigenvalue weighted by molar-refractivity contribution is 5.84. The Morgan fingerprint density at radius 2 is 1.89 bits per heavy atom. The summed E-state index contributed by atoms with van der Waals surface area (Å²) in [6.45, 7) is 0.943. The first-order valence-corrected chi connectivity index (χ1v) is 6.98. The van der Waals surface area contributed by atoms with Crippen molar-refractivity contribution in [2.24, 2.45) is 0 Å². The van der Waals surface area contributed by atoms with E-state index in [0.29, 0.717) is 6.04 Å². The van der Waals surface area contributed by atoms with E-state index in [-0.39, 0.29) is 0 Å². The highest BCUT2D eigenvalue weighted by Gasteiger charge is 2.12. The molecule has 2 aromatic rings. The number of aromatic nitrogens is 1. The van der Waals surface area contributed by atoms with Gasteiger partial charge in [-0.1, -0.05) is 43.5 Å². The van der Waals surface area contributed by atoms with E-state index in [4.69, 9.17) is 0 Å². The van der Waals surface area contributed by atoms with Crippen molar-refractivity contribution in [3.63, 3.8) is 0 Å². The van der Waals surface area contributed by atoms with Gasteiger partial charge in [0.05, 0.1) is 0 Å². The fourth-order valence-electron chi connectivity index (χ4n) is 2.88. The standard InChI is InChI=1S/C16H20N2/c1-2-7-15(8-3-1)18-12-14-11-17-10-13-6-4-5-9-16(13)14/h4-6,9-11,15,18H,1-3,7-8,12H2. The molecule has 1 heterocycles. The fourth-order valence-corrected chi connectivity index (χ4v) is 2.88. The molecule has 2 heteroatoms. The molecule has 0 radical (unpaired) electrons. The van der Waals surface area contributed by atoms with E-state index in [1.165, 1.54) is 48.4 Å². The molecule has 1 aromatic carbocycles. The summed E-state index contributed by atoms with van der Waals surface area (Å²) in [6.07, 6.45) is 10.8. The highest BCUT2D eigenvalue weighted by Crippen LogP contribution is 2.20. The third-order valence-corrected chi connectivity index (χ3v) is 3.94. The maximum Gasteiger partial charge on any atom is 0.0346 e. The lowest BCUT2D eigenvalue weighted by atomic mass is 9.95. The van der Waals surface area contributed by atoms with Crippen LogP contribution in [0.15, 0.2) is 36.7 Å². The second kappa shape index (κ2) is 5.49. The molecular weight excluding hydrogens is 220 g/mol. The minimum absolute atomic E-state index is 0.706. The summed E-state index contributed by atoms with van der Waals surface area (Å²) in [7, 11) is 0. The van der Waals surface area contributed by atoms with Gasteiger partial charge >= 0.3 is 0 Å². The lowest BCUT2D eigenvalue weighted by Gasteiger charge is -2.23. The third-order valence-electron chi connectivity index (χ3n) is 3.94. The number of hydrogen-bond acceptors (Lipinski definition) is 2. The van der Waals surface area contributed by atoms with Gasteiger partial charge in [0, 0.05) is 30.4 Å². The summed E-state index contributed by atoms with van der Waals surface area (Å²) >= 11 is 0.